The molecule has 9 nitrogen and oxygen atoms in total. The highest BCUT2D eigenvalue weighted by molar-refractivity contribution is 5.94. The highest BCUT2D eigenvalue weighted by atomic mass is 19.1. The molecule has 1 amide bonds. The van der Waals surface area contributed by atoms with E-state index in [9.17, 15) is 14.0 Å². The van der Waals surface area contributed by atoms with Gasteiger partial charge in [-0.1, -0.05) is 0 Å². The van der Waals surface area contributed by atoms with Crippen LogP contribution in [0.1, 0.15) is 16.8 Å². The first-order valence-corrected chi connectivity index (χ1v) is 8.82. The summed E-state index contributed by atoms with van der Waals surface area (Å²) in [6, 6.07) is 6.10. The van der Waals surface area contributed by atoms with E-state index >= 15 is 0 Å². The van der Waals surface area contributed by atoms with Gasteiger partial charge in [0.1, 0.15) is 5.82 Å². The molecular formula is C18H21FN6O3. The molecule has 0 spiro atoms. The van der Waals surface area contributed by atoms with Crippen LogP contribution in [0.5, 0.6) is 0 Å². The van der Waals surface area contributed by atoms with Crippen LogP contribution in [0.25, 0.3) is 0 Å². The van der Waals surface area contributed by atoms with Gasteiger partial charge in [0.2, 0.25) is 5.95 Å². The van der Waals surface area contributed by atoms with Gasteiger partial charge in [-0.2, -0.15) is 5.90 Å². The van der Waals surface area contributed by atoms with Crippen LogP contribution in [0.2, 0.25) is 0 Å². The molecule has 1 aromatic carbocycles. The number of hydrogen-bond acceptors (Lipinski definition) is 8. The van der Waals surface area contributed by atoms with Crippen molar-refractivity contribution in [1.29, 1.82) is 0 Å². The van der Waals surface area contributed by atoms with Gasteiger partial charge < -0.3 is 20.0 Å². The van der Waals surface area contributed by atoms with E-state index in [1.165, 1.54) is 6.07 Å². The van der Waals surface area contributed by atoms with Crippen molar-refractivity contribution >= 4 is 23.5 Å². The van der Waals surface area contributed by atoms with E-state index in [4.69, 9.17) is 5.90 Å². The second-order valence-electron chi connectivity index (χ2n) is 6.18. The molecule has 0 aliphatic carbocycles. The Morgan fingerprint density at radius 2 is 1.82 bits per heavy atom. The van der Waals surface area contributed by atoms with E-state index in [2.05, 4.69) is 20.1 Å². The van der Waals surface area contributed by atoms with Crippen LogP contribution in [-0.4, -0.2) is 54.6 Å². The largest absolute Gasteiger partial charge is 0.373 e. The third-order valence-electron chi connectivity index (χ3n) is 4.41. The summed E-state index contributed by atoms with van der Waals surface area (Å²) >= 11 is 0. The Balaban J connectivity index is 1.57. The zero-order chi connectivity index (χ0) is 19.9. The molecule has 2 heterocycles. The number of hydrogen-bond donors (Lipinski definition) is 2. The molecule has 0 bridgehead atoms. The number of anilines is 2. The van der Waals surface area contributed by atoms with Gasteiger partial charge in [0, 0.05) is 50.7 Å². The van der Waals surface area contributed by atoms with Crippen LogP contribution in [-0.2, 0) is 9.63 Å². The lowest BCUT2D eigenvalue weighted by Crippen LogP contribution is -2.47. The number of carbonyl (C=O) groups excluding carboxylic acids is 2. The van der Waals surface area contributed by atoms with Crippen molar-refractivity contribution in [3.8, 4) is 0 Å². The number of benzene rings is 1. The highest BCUT2D eigenvalue weighted by Gasteiger charge is 2.21. The minimum atomic E-state index is -0.637. The average molecular weight is 388 g/mol. The van der Waals surface area contributed by atoms with E-state index < -0.39 is 17.7 Å². The Morgan fingerprint density at radius 1 is 1.14 bits per heavy atom. The van der Waals surface area contributed by atoms with Gasteiger partial charge in [-0.25, -0.2) is 14.4 Å². The average Bonchev–Trinajstić information content (AvgIpc) is 2.74. The summed E-state index contributed by atoms with van der Waals surface area (Å²) in [7, 11) is 0. The number of rotatable bonds is 6. The number of piperazine rings is 1. The monoisotopic (exact) mass is 388 g/mol. The molecular weight excluding hydrogens is 367 g/mol. The second-order valence-corrected chi connectivity index (χ2v) is 6.18. The minimum absolute atomic E-state index is 0.0573. The molecule has 1 aromatic heterocycles. The number of nitrogens with zero attached hydrogens (tertiary/aromatic N) is 4. The van der Waals surface area contributed by atoms with E-state index in [-0.39, 0.29) is 18.5 Å². The molecule has 1 saturated heterocycles. The van der Waals surface area contributed by atoms with Crippen molar-refractivity contribution in [2.45, 2.75) is 6.42 Å². The lowest BCUT2D eigenvalue weighted by atomic mass is 10.1. The zero-order valence-electron chi connectivity index (χ0n) is 15.2. The molecule has 1 aliphatic rings. The first-order chi connectivity index (χ1) is 13.6. The lowest BCUT2D eigenvalue weighted by molar-refractivity contribution is -0.144. The highest BCUT2D eigenvalue weighted by Crippen LogP contribution is 2.23. The maximum atomic E-state index is 14.6. The van der Waals surface area contributed by atoms with Gasteiger partial charge in [0.25, 0.3) is 5.91 Å². The van der Waals surface area contributed by atoms with Crippen molar-refractivity contribution in [2.24, 2.45) is 5.90 Å². The molecule has 2 aromatic rings. The lowest BCUT2D eigenvalue weighted by Gasteiger charge is -2.36. The van der Waals surface area contributed by atoms with Crippen LogP contribution >= 0.6 is 0 Å². The summed E-state index contributed by atoms with van der Waals surface area (Å²) in [4.78, 5) is 39.4. The number of aromatic nitrogens is 2. The fourth-order valence-electron chi connectivity index (χ4n) is 2.95. The van der Waals surface area contributed by atoms with Crippen LogP contribution in [0.15, 0.2) is 36.7 Å². The topological polar surface area (TPSA) is 114 Å². The summed E-state index contributed by atoms with van der Waals surface area (Å²) in [5.41, 5.74) is 0.621. The quantitative estimate of drug-likeness (QED) is 0.687. The van der Waals surface area contributed by atoms with E-state index in [1.54, 1.807) is 30.6 Å². The molecule has 28 heavy (non-hydrogen) atoms. The second kappa shape index (κ2) is 9.09. The molecule has 148 valence electrons. The summed E-state index contributed by atoms with van der Waals surface area (Å²) < 4.78 is 14.6. The smallest absolute Gasteiger partial charge is 0.326 e. The minimum Gasteiger partial charge on any atom is -0.373 e. The van der Waals surface area contributed by atoms with Crippen molar-refractivity contribution in [2.75, 3.05) is 42.5 Å². The summed E-state index contributed by atoms with van der Waals surface area (Å²) in [5.74, 6) is 3.80. The summed E-state index contributed by atoms with van der Waals surface area (Å²) in [5, 5.41) is 2.52. The maximum Gasteiger partial charge on any atom is 0.326 e. The van der Waals surface area contributed by atoms with Crippen molar-refractivity contribution in [1.82, 2.24) is 15.3 Å². The number of amides is 1. The molecule has 3 N–H and O–H groups in total. The Hall–Kier alpha value is -3.27. The number of halogens is 1. The molecule has 0 unspecified atom stereocenters. The third-order valence-corrected chi connectivity index (χ3v) is 4.41. The van der Waals surface area contributed by atoms with Crippen LogP contribution in [0, 0.1) is 5.82 Å². The van der Waals surface area contributed by atoms with Gasteiger partial charge in [0.15, 0.2) is 0 Å². The van der Waals surface area contributed by atoms with Crippen LogP contribution < -0.4 is 21.0 Å². The first kappa shape index (κ1) is 19.5. The number of nitrogens with two attached hydrogens (primary N) is 1. The molecule has 3 rings (SSSR count). The van der Waals surface area contributed by atoms with E-state index in [1.807, 2.05) is 9.80 Å². The molecule has 1 fully saturated rings. The van der Waals surface area contributed by atoms with Gasteiger partial charge in [-0.15, -0.1) is 0 Å². The first-order valence-electron chi connectivity index (χ1n) is 8.82. The molecule has 1 aliphatic heterocycles. The predicted octanol–water partition coefficient (Wildman–Crippen LogP) is 0.479. The molecule has 0 atom stereocenters. The van der Waals surface area contributed by atoms with Crippen molar-refractivity contribution < 1.29 is 18.8 Å². The maximum absolute atomic E-state index is 14.6. The fourth-order valence-corrected chi connectivity index (χ4v) is 2.95. The molecule has 0 radical (unpaired) electrons. The van der Waals surface area contributed by atoms with Crippen LogP contribution in [0.3, 0.4) is 0 Å². The Bertz CT molecular complexity index is 827. The Morgan fingerprint density at radius 3 is 2.46 bits per heavy atom. The van der Waals surface area contributed by atoms with E-state index in [0.29, 0.717) is 37.8 Å². The molecule has 10 heteroatoms. The summed E-state index contributed by atoms with van der Waals surface area (Å²) in [6.07, 6.45) is 3.33. The van der Waals surface area contributed by atoms with Gasteiger partial charge in [0.05, 0.1) is 12.1 Å². The predicted molar refractivity (Wildman–Crippen MR) is 100 cm³/mol. The van der Waals surface area contributed by atoms with Crippen molar-refractivity contribution in [3.05, 3.63) is 48.0 Å². The van der Waals surface area contributed by atoms with Crippen LogP contribution in [0.4, 0.5) is 16.0 Å². The Kier molecular flexibility index (Phi) is 6.33. The van der Waals surface area contributed by atoms with Gasteiger partial charge in [-0.05, 0) is 24.3 Å². The van der Waals surface area contributed by atoms with Gasteiger partial charge >= 0.3 is 5.97 Å². The van der Waals surface area contributed by atoms with E-state index in [0.717, 1.165) is 0 Å². The summed E-state index contributed by atoms with van der Waals surface area (Å²) in [6.45, 7) is 2.62. The van der Waals surface area contributed by atoms with Gasteiger partial charge in [-0.3, -0.25) is 9.59 Å². The third kappa shape index (κ3) is 4.71. The number of carbonyl (C=O) groups is 2. The number of nitrogens with one attached hydrogen (secondary N) is 1. The SMILES string of the molecule is NOC(=O)CCNC(=O)c1ccc(N2CCN(c3ncccn3)CC2)c(F)c1. The standard InChI is InChI=1S/C18H21FN6O3/c19-14-12-13(17(27)21-7-4-16(26)28-20)2-3-15(14)24-8-10-25(11-9-24)18-22-5-1-6-23-18/h1-3,5-6,12H,4,7-11,20H2,(H,21,27). The van der Waals surface area contributed by atoms with Crippen molar-refractivity contribution in [3.63, 3.8) is 0 Å². The Labute approximate surface area is 161 Å². The molecule has 0 saturated carbocycles. The normalized spacial score (nSPS) is 13.9. The fraction of sp³-hybridized carbons (Fsp3) is 0.333. The zero-order valence-corrected chi connectivity index (χ0v) is 15.2.